The molecule has 3 rings (SSSR count). The molecule has 2 N–H and O–H groups in total. The van der Waals surface area contributed by atoms with Crippen molar-refractivity contribution in [3.63, 3.8) is 0 Å². The minimum atomic E-state index is -0.170. The highest BCUT2D eigenvalue weighted by molar-refractivity contribution is 6.39. The smallest absolute Gasteiger partial charge is 0.317 e. The van der Waals surface area contributed by atoms with Gasteiger partial charge in [-0.3, -0.25) is 9.59 Å². The Morgan fingerprint density at radius 2 is 1.72 bits per heavy atom. The van der Waals surface area contributed by atoms with Gasteiger partial charge < -0.3 is 15.1 Å². The monoisotopic (exact) mass is 343 g/mol. The molecule has 0 spiro atoms. The number of carbonyl (C=O) groups excluding carboxylic acids is 3. The SMILES string of the molecule is O=C1CCC(C(=O)N2CCN(C(=O)NCc3ccccc3)CC2)=NN1. The van der Waals surface area contributed by atoms with Crippen molar-refractivity contribution in [2.75, 3.05) is 26.2 Å². The van der Waals surface area contributed by atoms with Gasteiger partial charge in [0.15, 0.2) is 0 Å². The third-order valence-electron chi connectivity index (χ3n) is 4.29. The molecule has 0 unspecified atom stereocenters. The number of piperazine rings is 1. The van der Waals surface area contributed by atoms with Gasteiger partial charge in [-0.1, -0.05) is 30.3 Å². The number of carbonyl (C=O) groups is 3. The van der Waals surface area contributed by atoms with Gasteiger partial charge in [-0.15, -0.1) is 0 Å². The van der Waals surface area contributed by atoms with E-state index in [4.69, 9.17) is 0 Å². The molecule has 2 aliphatic rings. The van der Waals surface area contributed by atoms with E-state index in [-0.39, 0.29) is 24.3 Å². The van der Waals surface area contributed by atoms with Crippen LogP contribution < -0.4 is 10.7 Å². The van der Waals surface area contributed by atoms with E-state index in [2.05, 4.69) is 15.8 Å². The van der Waals surface area contributed by atoms with Crippen molar-refractivity contribution in [2.45, 2.75) is 19.4 Å². The highest BCUT2D eigenvalue weighted by atomic mass is 16.2. The molecule has 8 heteroatoms. The molecule has 2 aliphatic heterocycles. The number of urea groups is 1. The lowest BCUT2D eigenvalue weighted by Gasteiger charge is -2.35. The van der Waals surface area contributed by atoms with Gasteiger partial charge in [-0.2, -0.15) is 5.10 Å². The fourth-order valence-corrected chi connectivity index (χ4v) is 2.81. The van der Waals surface area contributed by atoms with E-state index in [9.17, 15) is 14.4 Å². The van der Waals surface area contributed by atoms with Crippen LogP contribution in [0.4, 0.5) is 4.79 Å². The summed E-state index contributed by atoms with van der Waals surface area (Å²) >= 11 is 0. The van der Waals surface area contributed by atoms with Crippen molar-refractivity contribution in [3.8, 4) is 0 Å². The molecule has 8 nitrogen and oxygen atoms in total. The molecule has 1 fully saturated rings. The summed E-state index contributed by atoms with van der Waals surface area (Å²) in [5.74, 6) is -0.333. The second-order valence-corrected chi connectivity index (χ2v) is 6.02. The van der Waals surface area contributed by atoms with Gasteiger partial charge in [0.2, 0.25) is 5.91 Å². The summed E-state index contributed by atoms with van der Waals surface area (Å²) in [5, 5.41) is 6.73. The zero-order valence-corrected chi connectivity index (χ0v) is 13.9. The number of rotatable bonds is 3. The first-order valence-electron chi connectivity index (χ1n) is 8.35. The quantitative estimate of drug-likeness (QED) is 0.827. The Morgan fingerprint density at radius 3 is 2.36 bits per heavy atom. The van der Waals surface area contributed by atoms with Gasteiger partial charge in [0.05, 0.1) is 0 Å². The van der Waals surface area contributed by atoms with Crippen molar-refractivity contribution < 1.29 is 14.4 Å². The number of hydrogen-bond acceptors (Lipinski definition) is 4. The van der Waals surface area contributed by atoms with E-state index in [0.29, 0.717) is 44.9 Å². The minimum Gasteiger partial charge on any atom is -0.334 e. The summed E-state index contributed by atoms with van der Waals surface area (Å²) in [6.07, 6.45) is 0.648. The van der Waals surface area contributed by atoms with Crippen molar-refractivity contribution >= 4 is 23.6 Å². The highest BCUT2D eigenvalue weighted by Gasteiger charge is 2.28. The van der Waals surface area contributed by atoms with Gasteiger partial charge in [0.25, 0.3) is 5.91 Å². The van der Waals surface area contributed by atoms with Crippen LogP contribution in [0.1, 0.15) is 18.4 Å². The van der Waals surface area contributed by atoms with Crippen molar-refractivity contribution in [1.29, 1.82) is 0 Å². The Morgan fingerprint density at radius 1 is 1.04 bits per heavy atom. The second kappa shape index (κ2) is 7.78. The third kappa shape index (κ3) is 4.34. The van der Waals surface area contributed by atoms with Crippen LogP contribution in [0.25, 0.3) is 0 Å². The summed E-state index contributed by atoms with van der Waals surface area (Å²) in [6.45, 7) is 2.36. The Labute approximate surface area is 145 Å². The summed E-state index contributed by atoms with van der Waals surface area (Å²) in [6, 6.07) is 9.59. The van der Waals surface area contributed by atoms with E-state index < -0.39 is 0 Å². The van der Waals surface area contributed by atoms with E-state index >= 15 is 0 Å². The molecule has 132 valence electrons. The number of amides is 4. The van der Waals surface area contributed by atoms with Gasteiger partial charge in [0.1, 0.15) is 5.71 Å². The molecule has 0 bridgehead atoms. The topological polar surface area (TPSA) is 94.1 Å². The summed E-state index contributed by atoms with van der Waals surface area (Å²) in [5.41, 5.74) is 3.76. The van der Waals surface area contributed by atoms with Crippen LogP contribution >= 0.6 is 0 Å². The molecule has 2 heterocycles. The Bertz CT molecular complexity index is 681. The fourth-order valence-electron chi connectivity index (χ4n) is 2.81. The summed E-state index contributed by atoms with van der Waals surface area (Å²) in [4.78, 5) is 39.1. The number of nitrogens with one attached hydrogen (secondary N) is 2. The molecule has 0 aliphatic carbocycles. The molecule has 4 amide bonds. The van der Waals surface area contributed by atoms with Gasteiger partial charge in [-0.25, -0.2) is 10.2 Å². The summed E-state index contributed by atoms with van der Waals surface area (Å²) in [7, 11) is 0. The van der Waals surface area contributed by atoms with E-state index in [1.54, 1.807) is 9.80 Å². The first kappa shape index (κ1) is 16.9. The molecular weight excluding hydrogens is 322 g/mol. The lowest BCUT2D eigenvalue weighted by Crippen LogP contribution is -2.54. The number of hydrazone groups is 1. The van der Waals surface area contributed by atoms with Crippen LogP contribution in [-0.2, 0) is 16.1 Å². The standard InChI is InChI=1S/C17H21N5O3/c23-15-7-6-14(19-20-15)16(24)21-8-10-22(11-9-21)17(25)18-12-13-4-2-1-3-5-13/h1-5H,6-12H2,(H,18,25)(H,20,23). The first-order chi connectivity index (χ1) is 12.1. The van der Waals surface area contributed by atoms with Crippen LogP contribution in [-0.4, -0.2) is 59.5 Å². The first-order valence-corrected chi connectivity index (χ1v) is 8.35. The third-order valence-corrected chi connectivity index (χ3v) is 4.29. The Balaban J connectivity index is 1.45. The zero-order chi connectivity index (χ0) is 17.6. The molecule has 0 saturated carbocycles. The molecule has 1 aromatic rings. The molecule has 25 heavy (non-hydrogen) atoms. The second-order valence-electron chi connectivity index (χ2n) is 6.02. The van der Waals surface area contributed by atoms with Crippen molar-refractivity contribution in [3.05, 3.63) is 35.9 Å². The van der Waals surface area contributed by atoms with Gasteiger partial charge in [-0.05, 0) is 5.56 Å². The predicted octanol–water partition coefficient (Wildman–Crippen LogP) is 0.306. The molecule has 1 saturated heterocycles. The van der Waals surface area contributed by atoms with Gasteiger partial charge in [0, 0.05) is 45.6 Å². The lowest BCUT2D eigenvalue weighted by molar-refractivity contribution is -0.125. The zero-order valence-electron chi connectivity index (χ0n) is 13.9. The van der Waals surface area contributed by atoms with Crippen molar-refractivity contribution in [2.24, 2.45) is 5.10 Å². The molecule has 1 aromatic carbocycles. The minimum absolute atomic E-state index is 0.127. The average molecular weight is 343 g/mol. The maximum atomic E-state index is 12.4. The number of nitrogens with zero attached hydrogens (tertiary/aromatic N) is 3. The molecular formula is C17H21N5O3. The summed E-state index contributed by atoms with van der Waals surface area (Å²) < 4.78 is 0. The van der Waals surface area contributed by atoms with Gasteiger partial charge >= 0.3 is 6.03 Å². The Kier molecular flexibility index (Phi) is 5.27. The Hall–Kier alpha value is -2.90. The van der Waals surface area contributed by atoms with Crippen LogP contribution in [0.3, 0.4) is 0 Å². The predicted molar refractivity (Wildman–Crippen MR) is 91.6 cm³/mol. The number of benzene rings is 1. The maximum absolute atomic E-state index is 12.4. The van der Waals surface area contributed by atoms with E-state index in [1.165, 1.54) is 0 Å². The highest BCUT2D eigenvalue weighted by Crippen LogP contribution is 2.08. The van der Waals surface area contributed by atoms with Crippen LogP contribution in [0.15, 0.2) is 35.4 Å². The normalized spacial score (nSPS) is 17.6. The van der Waals surface area contributed by atoms with Crippen molar-refractivity contribution in [1.82, 2.24) is 20.5 Å². The van der Waals surface area contributed by atoms with Crippen LogP contribution in [0.2, 0.25) is 0 Å². The molecule has 0 aromatic heterocycles. The van der Waals surface area contributed by atoms with Crippen LogP contribution in [0, 0.1) is 0 Å². The maximum Gasteiger partial charge on any atom is 0.317 e. The van der Waals surface area contributed by atoms with E-state index in [0.717, 1.165) is 5.56 Å². The van der Waals surface area contributed by atoms with E-state index in [1.807, 2.05) is 30.3 Å². The number of hydrogen-bond donors (Lipinski definition) is 2. The molecule has 0 radical (unpaired) electrons. The fraction of sp³-hybridized carbons (Fsp3) is 0.412. The largest absolute Gasteiger partial charge is 0.334 e. The lowest BCUT2D eigenvalue weighted by atomic mass is 10.1. The van der Waals surface area contributed by atoms with Crippen LogP contribution in [0.5, 0.6) is 0 Å². The molecule has 0 atom stereocenters. The average Bonchev–Trinajstić information content (AvgIpc) is 2.67.